The van der Waals surface area contributed by atoms with Crippen LogP contribution in [0.5, 0.6) is 0 Å². The van der Waals surface area contributed by atoms with Crippen LogP contribution in [-0.4, -0.2) is 11.1 Å². The average molecular weight is 231 g/mol. The highest BCUT2D eigenvalue weighted by molar-refractivity contribution is 6.31. The van der Waals surface area contributed by atoms with Crippen molar-refractivity contribution in [2.75, 3.05) is 0 Å². The third kappa shape index (κ3) is 2.69. The van der Waals surface area contributed by atoms with Crippen LogP contribution in [0.4, 0.5) is 4.39 Å². The maximum absolute atomic E-state index is 12.8. The minimum atomic E-state index is -0.946. The molecule has 0 aliphatic carbocycles. The first kappa shape index (κ1) is 12.0. The van der Waals surface area contributed by atoms with Crippen molar-refractivity contribution in [1.82, 2.24) is 0 Å². The fraction of sp³-hybridized carbons (Fsp3) is 0.364. The fourth-order valence-electron chi connectivity index (χ4n) is 1.53. The van der Waals surface area contributed by atoms with E-state index in [1.165, 1.54) is 12.1 Å². The predicted molar refractivity (Wildman–Crippen MR) is 56.6 cm³/mol. The zero-order valence-electron chi connectivity index (χ0n) is 8.50. The van der Waals surface area contributed by atoms with Crippen LogP contribution < -0.4 is 0 Å². The third-order valence-corrected chi connectivity index (χ3v) is 2.56. The zero-order chi connectivity index (χ0) is 11.6. The minimum Gasteiger partial charge on any atom is -0.481 e. The van der Waals surface area contributed by atoms with Crippen LogP contribution in [0.2, 0.25) is 5.02 Å². The summed E-state index contributed by atoms with van der Waals surface area (Å²) < 4.78 is 12.8. The fourth-order valence-corrected chi connectivity index (χ4v) is 1.82. The Hall–Kier alpha value is -1.09. The van der Waals surface area contributed by atoms with Crippen molar-refractivity contribution in [2.45, 2.75) is 19.8 Å². The van der Waals surface area contributed by atoms with Gasteiger partial charge in [0.2, 0.25) is 0 Å². The maximum Gasteiger partial charge on any atom is 0.311 e. The molecule has 0 spiro atoms. The lowest BCUT2D eigenvalue weighted by Crippen LogP contribution is -2.17. The lowest BCUT2D eigenvalue weighted by atomic mass is 9.88. The highest BCUT2D eigenvalue weighted by Gasteiger charge is 2.25. The Morgan fingerprint density at radius 1 is 1.47 bits per heavy atom. The molecule has 4 heteroatoms. The van der Waals surface area contributed by atoms with Gasteiger partial charge in [0.05, 0.1) is 5.92 Å². The first-order valence-corrected chi connectivity index (χ1v) is 4.99. The number of hydrogen-bond donors (Lipinski definition) is 1. The molecule has 2 nitrogen and oxygen atoms in total. The van der Waals surface area contributed by atoms with Gasteiger partial charge in [0.1, 0.15) is 5.82 Å². The van der Waals surface area contributed by atoms with Gasteiger partial charge in [-0.15, -0.1) is 0 Å². The third-order valence-electron chi connectivity index (χ3n) is 2.23. The minimum absolute atomic E-state index is 0.0922. The van der Waals surface area contributed by atoms with E-state index in [9.17, 15) is 9.18 Å². The molecule has 1 aromatic carbocycles. The SMILES string of the molecule is CC(C)C(C(=O)O)c1ccc(F)cc1Cl. The molecule has 1 rings (SSSR count). The van der Waals surface area contributed by atoms with Gasteiger partial charge in [0, 0.05) is 5.02 Å². The van der Waals surface area contributed by atoms with Gasteiger partial charge >= 0.3 is 5.97 Å². The molecule has 0 heterocycles. The van der Waals surface area contributed by atoms with Gasteiger partial charge in [-0.1, -0.05) is 31.5 Å². The van der Waals surface area contributed by atoms with Crippen LogP contribution in [0.3, 0.4) is 0 Å². The molecule has 0 radical (unpaired) electrons. The molecule has 0 aromatic heterocycles. The number of rotatable bonds is 3. The van der Waals surface area contributed by atoms with Gasteiger partial charge in [-0.3, -0.25) is 4.79 Å². The summed E-state index contributed by atoms with van der Waals surface area (Å²) in [4.78, 5) is 11.0. The summed E-state index contributed by atoms with van der Waals surface area (Å²) in [6.45, 7) is 3.58. The van der Waals surface area contributed by atoms with Crippen LogP contribution in [0.15, 0.2) is 18.2 Å². The Labute approximate surface area is 92.7 Å². The standard InChI is InChI=1S/C11H12ClFO2/c1-6(2)10(11(14)15)8-4-3-7(13)5-9(8)12/h3-6,10H,1-2H3,(H,14,15). The zero-order valence-corrected chi connectivity index (χ0v) is 9.25. The largest absolute Gasteiger partial charge is 0.481 e. The molecule has 0 amide bonds. The Morgan fingerprint density at radius 2 is 2.07 bits per heavy atom. The van der Waals surface area contributed by atoms with Crippen LogP contribution in [0.1, 0.15) is 25.3 Å². The monoisotopic (exact) mass is 230 g/mol. The van der Waals surface area contributed by atoms with Crippen molar-refractivity contribution in [3.05, 3.63) is 34.6 Å². The van der Waals surface area contributed by atoms with E-state index < -0.39 is 17.7 Å². The van der Waals surface area contributed by atoms with Gasteiger partial charge in [-0.25, -0.2) is 4.39 Å². The molecule has 1 N–H and O–H groups in total. The molecule has 0 aliphatic rings. The Kier molecular flexibility index (Phi) is 3.69. The summed E-state index contributed by atoms with van der Waals surface area (Å²) >= 11 is 5.81. The van der Waals surface area contributed by atoms with Crippen LogP contribution >= 0.6 is 11.6 Å². The van der Waals surface area contributed by atoms with E-state index >= 15 is 0 Å². The van der Waals surface area contributed by atoms with Crippen LogP contribution in [-0.2, 0) is 4.79 Å². The summed E-state index contributed by atoms with van der Waals surface area (Å²) in [5.74, 6) is -2.20. The van der Waals surface area contributed by atoms with E-state index in [-0.39, 0.29) is 10.9 Å². The molecule has 0 saturated carbocycles. The molecular formula is C11H12ClFO2. The molecule has 1 atom stereocenters. The molecule has 0 saturated heterocycles. The quantitative estimate of drug-likeness (QED) is 0.865. The van der Waals surface area contributed by atoms with Crippen molar-refractivity contribution in [1.29, 1.82) is 0 Å². The Balaban J connectivity index is 3.17. The number of carboxylic acids is 1. The molecular weight excluding hydrogens is 219 g/mol. The average Bonchev–Trinajstić information content (AvgIpc) is 2.08. The van der Waals surface area contributed by atoms with Crippen molar-refractivity contribution >= 4 is 17.6 Å². The smallest absolute Gasteiger partial charge is 0.311 e. The lowest BCUT2D eigenvalue weighted by molar-refractivity contribution is -0.139. The topological polar surface area (TPSA) is 37.3 Å². The molecule has 1 unspecified atom stereocenters. The molecule has 82 valence electrons. The molecule has 15 heavy (non-hydrogen) atoms. The Bertz CT molecular complexity index is 377. The predicted octanol–water partition coefficient (Wildman–Crippen LogP) is 3.30. The summed E-state index contributed by atoms with van der Waals surface area (Å²) in [6.07, 6.45) is 0. The summed E-state index contributed by atoms with van der Waals surface area (Å²) in [5.41, 5.74) is 0.459. The van der Waals surface area contributed by atoms with E-state index in [1.54, 1.807) is 13.8 Å². The van der Waals surface area contributed by atoms with Crippen molar-refractivity contribution in [3.63, 3.8) is 0 Å². The van der Waals surface area contributed by atoms with Crippen molar-refractivity contribution < 1.29 is 14.3 Å². The lowest BCUT2D eigenvalue weighted by Gasteiger charge is -2.17. The van der Waals surface area contributed by atoms with Crippen molar-refractivity contribution in [2.24, 2.45) is 5.92 Å². The number of halogens is 2. The van der Waals surface area contributed by atoms with Crippen molar-refractivity contribution in [3.8, 4) is 0 Å². The second-order valence-electron chi connectivity index (χ2n) is 3.73. The van der Waals surface area contributed by atoms with E-state index in [2.05, 4.69) is 0 Å². The van der Waals surface area contributed by atoms with E-state index in [0.717, 1.165) is 6.07 Å². The first-order chi connectivity index (χ1) is 6.93. The van der Waals surface area contributed by atoms with Gasteiger partial charge in [0.25, 0.3) is 0 Å². The second-order valence-corrected chi connectivity index (χ2v) is 4.13. The summed E-state index contributed by atoms with van der Waals surface area (Å²) in [6, 6.07) is 3.78. The number of carboxylic acid groups (broad SMARTS) is 1. The van der Waals surface area contributed by atoms with Gasteiger partial charge in [-0.05, 0) is 23.6 Å². The highest BCUT2D eigenvalue weighted by Crippen LogP contribution is 2.30. The number of carbonyl (C=O) groups is 1. The molecule has 1 aromatic rings. The summed E-state index contributed by atoms with van der Waals surface area (Å²) in [5, 5.41) is 9.20. The highest BCUT2D eigenvalue weighted by atomic mass is 35.5. The van der Waals surface area contributed by atoms with E-state index in [4.69, 9.17) is 16.7 Å². The van der Waals surface area contributed by atoms with E-state index in [1.807, 2.05) is 0 Å². The van der Waals surface area contributed by atoms with Gasteiger partial charge in [-0.2, -0.15) is 0 Å². The molecule has 0 aliphatic heterocycles. The van der Waals surface area contributed by atoms with E-state index in [0.29, 0.717) is 5.56 Å². The summed E-state index contributed by atoms with van der Waals surface area (Å²) in [7, 11) is 0. The molecule has 0 bridgehead atoms. The first-order valence-electron chi connectivity index (χ1n) is 4.61. The number of benzene rings is 1. The van der Waals surface area contributed by atoms with Gasteiger partial charge in [0.15, 0.2) is 0 Å². The normalized spacial score (nSPS) is 12.9. The number of hydrogen-bond acceptors (Lipinski definition) is 1. The second kappa shape index (κ2) is 4.62. The van der Waals surface area contributed by atoms with Crippen LogP contribution in [0, 0.1) is 11.7 Å². The van der Waals surface area contributed by atoms with Crippen LogP contribution in [0.25, 0.3) is 0 Å². The maximum atomic E-state index is 12.8. The Morgan fingerprint density at radius 3 is 2.47 bits per heavy atom. The van der Waals surface area contributed by atoms with Gasteiger partial charge < -0.3 is 5.11 Å². The molecule has 0 fully saturated rings. The number of aliphatic carboxylic acids is 1.